The number of hydrogen-bond acceptors (Lipinski definition) is 7. The summed E-state index contributed by atoms with van der Waals surface area (Å²) < 4.78 is 16.1. The van der Waals surface area contributed by atoms with Crippen molar-refractivity contribution in [1.82, 2.24) is 4.90 Å². The summed E-state index contributed by atoms with van der Waals surface area (Å²) in [5.74, 6) is -0.141. The van der Waals surface area contributed by atoms with Crippen molar-refractivity contribution < 1.29 is 28.6 Å². The second-order valence-electron chi connectivity index (χ2n) is 6.40. The van der Waals surface area contributed by atoms with Gasteiger partial charge >= 0.3 is 5.97 Å². The van der Waals surface area contributed by atoms with E-state index in [9.17, 15) is 14.4 Å². The maximum Gasteiger partial charge on any atom is 0.325 e. The van der Waals surface area contributed by atoms with Crippen LogP contribution < -0.4 is 9.47 Å². The molecule has 1 aliphatic heterocycles. The van der Waals surface area contributed by atoms with E-state index in [1.165, 1.54) is 7.11 Å². The largest absolute Gasteiger partial charge is 0.490 e. The van der Waals surface area contributed by atoms with E-state index < -0.39 is 23.7 Å². The van der Waals surface area contributed by atoms with Gasteiger partial charge in [0, 0.05) is 5.02 Å². The van der Waals surface area contributed by atoms with Crippen LogP contribution in [0.4, 0.5) is 4.79 Å². The van der Waals surface area contributed by atoms with E-state index >= 15 is 0 Å². The molecule has 9 heteroatoms. The highest BCUT2D eigenvalue weighted by Gasteiger charge is 2.36. The van der Waals surface area contributed by atoms with E-state index in [0.717, 1.165) is 22.2 Å². The van der Waals surface area contributed by atoms with Crippen molar-refractivity contribution in [2.75, 3.05) is 20.3 Å². The second-order valence-corrected chi connectivity index (χ2v) is 7.83. The number of benzene rings is 2. The van der Waals surface area contributed by atoms with Crippen molar-refractivity contribution in [3.8, 4) is 11.5 Å². The number of methoxy groups -OCH3 is 1. The zero-order valence-electron chi connectivity index (χ0n) is 16.9. The summed E-state index contributed by atoms with van der Waals surface area (Å²) in [6, 6.07) is 12.6. The molecule has 1 saturated heterocycles. The quantitative estimate of drug-likeness (QED) is 0.422. The highest BCUT2D eigenvalue weighted by atomic mass is 35.5. The molecule has 0 aliphatic carbocycles. The van der Waals surface area contributed by atoms with E-state index in [4.69, 9.17) is 21.1 Å². The van der Waals surface area contributed by atoms with Crippen LogP contribution in [0.2, 0.25) is 5.02 Å². The fourth-order valence-electron chi connectivity index (χ4n) is 2.73. The Kier molecular flexibility index (Phi) is 7.59. The van der Waals surface area contributed by atoms with Crippen LogP contribution in [0.25, 0.3) is 6.08 Å². The summed E-state index contributed by atoms with van der Waals surface area (Å²) in [5.41, 5.74) is 1.61. The molecule has 0 radical (unpaired) electrons. The van der Waals surface area contributed by atoms with Gasteiger partial charge in [0.25, 0.3) is 11.1 Å². The molecule has 2 amide bonds. The van der Waals surface area contributed by atoms with Crippen LogP contribution in [0.5, 0.6) is 11.5 Å². The van der Waals surface area contributed by atoms with Gasteiger partial charge in [0.05, 0.1) is 18.6 Å². The first-order valence-electron chi connectivity index (χ1n) is 9.37. The molecule has 7 nitrogen and oxygen atoms in total. The normalized spacial score (nSPS) is 14.8. The van der Waals surface area contributed by atoms with Crippen molar-refractivity contribution in [2.45, 2.75) is 13.5 Å². The fourth-order valence-corrected chi connectivity index (χ4v) is 3.69. The smallest absolute Gasteiger partial charge is 0.325 e. The molecule has 1 heterocycles. The van der Waals surface area contributed by atoms with Gasteiger partial charge in [0.15, 0.2) is 11.5 Å². The maximum absolute atomic E-state index is 12.5. The van der Waals surface area contributed by atoms with Crippen molar-refractivity contribution in [3.63, 3.8) is 0 Å². The Balaban J connectivity index is 1.77. The molecule has 0 N–H and O–H groups in total. The minimum absolute atomic E-state index is 0.214. The number of amides is 2. The van der Waals surface area contributed by atoms with Gasteiger partial charge in [-0.05, 0) is 60.2 Å². The van der Waals surface area contributed by atoms with Crippen LogP contribution in [0.3, 0.4) is 0 Å². The molecular weight excluding hydrogens is 442 g/mol. The molecule has 0 saturated carbocycles. The summed E-state index contributed by atoms with van der Waals surface area (Å²) in [6.45, 7) is 2.20. The number of esters is 1. The van der Waals surface area contributed by atoms with Gasteiger partial charge in [-0.25, -0.2) is 0 Å². The van der Waals surface area contributed by atoms with Crippen LogP contribution in [0.15, 0.2) is 47.4 Å². The van der Waals surface area contributed by atoms with E-state index in [2.05, 4.69) is 4.74 Å². The molecule has 2 aromatic rings. The highest BCUT2D eigenvalue weighted by Crippen LogP contribution is 2.35. The molecule has 0 spiro atoms. The first-order chi connectivity index (χ1) is 14.9. The standard InChI is InChI=1S/C22H20ClNO6S/c1-3-29-18-10-15(6-9-17(18)30-13-14-4-7-16(23)8-5-14)11-19-21(26)24(22(27)31-19)12-20(25)28-2/h4-11H,3,12-13H2,1-2H3/b19-11-. The first kappa shape index (κ1) is 22.7. The lowest BCUT2D eigenvalue weighted by Crippen LogP contribution is -2.34. The summed E-state index contributed by atoms with van der Waals surface area (Å²) >= 11 is 6.67. The number of imide groups is 1. The molecule has 1 aliphatic rings. The van der Waals surface area contributed by atoms with Crippen molar-refractivity contribution in [1.29, 1.82) is 0 Å². The second kappa shape index (κ2) is 10.4. The average molecular weight is 462 g/mol. The van der Waals surface area contributed by atoms with Crippen molar-refractivity contribution in [2.24, 2.45) is 0 Å². The van der Waals surface area contributed by atoms with Gasteiger partial charge in [0.1, 0.15) is 13.2 Å². The summed E-state index contributed by atoms with van der Waals surface area (Å²) in [7, 11) is 1.20. The number of carbonyl (C=O) groups excluding carboxylic acids is 3. The number of thioether (sulfide) groups is 1. The van der Waals surface area contributed by atoms with Gasteiger partial charge in [-0.15, -0.1) is 0 Å². The molecule has 0 aromatic heterocycles. The predicted molar refractivity (Wildman–Crippen MR) is 118 cm³/mol. The predicted octanol–water partition coefficient (Wildman–Crippen LogP) is 4.53. The number of hydrogen-bond donors (Lipinski definition) is 0. The molecule has 31 heavy (non-hydrogen) atoms. The molecule has 1 fully saturated rings. The van der Waals surface area contributed by atoms with Gasteiger partial charge in [-0.3, -0.25) is 19.3 Å². The van der Waals surface area contributed by atoms with E-state index in [-0.39, 0.29) is 4.91 Å². The Bertz CT molecular complexity index is 1020. The third-order valence-electron chi connectivity index (χ3n) is 4.26. The number of nitrogens with zero attached hydrogens (tertiary/aromatic N) is 1. The third-order valence-corrected chi connectivity index (χ3v) is 5.42. The Morgan fingerprint density at radius 3 is 2.52 bits per heavy atom. The molecule has 0 unspecified atom stereocenters. The van der Waals surface area contributed by atoms with Crippen LogP contribution in [-0.2, 0) is 20.9 Å². The van der Waals surface area contributed by atoms with E-state index in [1.807, 2.05) is 19.1 Å². The lowest BCUT2D eigenvalue weighted by atomic mass is 10.1. The van der Waals surface area contributed by atoms with Crippen LogP contribution >= 0.6 is 23.4 Å². The molecular formula is C22H20ClNO6S. The van der Waals surface area contributed by atoms with Crippen LogP contribution in [-0.4, -0.2) is 42.3 Å². The van der Waals surface area contributed by atoms with Gasteiger partial charge in [0.2, 0.25) is 0 Å². The van der Waals surface area contributed by atoms with Crippen LogP contribution in [0, 0.1) is 0 Å². The fraction of sp³-hybridized carbons (Fsp3) is 0.227. The molecule has 0 atom stereocenters. The Hall–Kier alpha value is -2.97. The van der Waals surface area contributed by atoms with Crippen LogP contribution in [0.1, 0.15) is 18.1 Å². The van der Waals surface area contributed by atoms with E-state index in [0.29, 0.717) is 35.3 Å². The highest BCUT2D eigenvalue weighted by molar-refractivity contribution is 8.18. The molecule has 0 bridgehead atoms. The topological polar surface area (TPSA) is 82.1 Å². The average Bonchev–Trinajstić information content (AvgIpc) is 3.01. The van der Waals surface area contributed by atoms with Crippen molar-refractivity contribution in [3.05, 3.63) is 63.5 Å². The maximum atomic E-state index is 12.5. The third kappa shape index (κ3) is 5.80. The molecule has 2 aromatic carbocycles. The number of rotatable bonds is 8. The Morgan fingerprint density at radius 2 is 1.84 bits per heavy atom. The van der Waals surface area contributed by atoms with Crippen molar-refractivity contribution >= 4 is 46.6 Å². The minimum atomic E-state index is -0.663. The first-order valence-corrected chi connectivity index (χ1v) is 10.6. The lowest BCUT2D eigenvalue weighted by Gasteiger charge is -2.13. The van der Waals surface area contributed by atoms with Gasteiger partial charge in [-0.2, -0.15) is 0 Å². The number of carbonyl (C=O) groups is 3. The monoisotopic (exact) mass is 461 g/mol. The number of halogens is 1. The minimum Gasteiger partial charge on any atom is -0.490 e. The summed E-state index contributed by atoms with van der Waals surface area (Å²) in [6.07, 6.45) is 1.58. The lowest BCUT2D eigenvalue weighted by molar-refractivity contribution is -0.143. The number of ether oxygens (including phenoxy) is 3. The Labute approximate surface area is 188 Å². The zero-order valence-corrected chi connectivity index (χ0v) is 18.5. The SMILES string of the molecule is CCOc1cc(/C=C2\SC(=O)N(CC(=O)OC)C2=O)ccc1OCc1ccc(Cl)cc1. The summed E-state index contributed by atoms with van der Waals surface area (Å²) in [5, 5.41) is 0.133. The molecule has 3 rings (SSSR count). The molecule has 162 valence electrons. The Morgan fingerprint density at radius 1 is 1.10 bits per heavy atom. The zero-order chi connectivity index (χ0) is 22.4. The van der Waals surface area contributed by atoms with Gasteiger partial charge in [-0.1, -0.05) is 29.8 Å². The summed E-state index contributed by atoms with van der Waals surface area (Å²) in [4.78, 5) is 37.0. The van der Waals surface area contributed by atoms with Gasteiger partial charge < -0.3 is 14.2 Å². The van der Waals surface area contributed by atoms with E-state index in [1.54, 1.807) is 36.4 Å².